The van der Waals surface area contributed by atoms with Gasteiger partial charge in [-0.25, -0.2) is 4.39 Å². The number of hydrogen-bond acceptors (Lipinski definition) is 8. The van der Waals surface area contributed by atoms with E-state index in [1.807, 2.05) is 6.92 Å². The molecule has 12 heteroatoms. The number of halogens is 1. The van der Waals surface area contributed by atoms with Crippen LogP contribution in [0, 0.1) is 5.82 Å². The van der Waals surface area contributed by atoms with Crippen molar-refractivity contribution >= 4 is 40.0 Å². The first-order valence-corrected chi connectivity index (χ1v) is 11.2. The maximum atomic E-state index is 13.8. The molecule has 2 N–H and O–H groups in total. The van der Waals surface area contributed by atoms with E-state index < -0.39 is 23.0 Å². The van der Waals surface area contributed by atoms with Crippen molar-refractivity contribution in [1.29, 1.82) is 0 Å². The summed E-state index contributed by atoms with van der Waals surface area (Å²) < 4.78 is 15.5. The third kappa shape index (κ3) is 5.44. The molecule has 2 amide bonds. The van der Waals surface area contributed by atoms with E-state index >= 15 is 0 Å². The number of benzene rings is 1. The molecule has 0 fully saturated rings. The SMILES string of the molecule is CCc1nnc(NC(=O)[C@@H](C)Sc2nnc([C@H](C)NC(=O)c3ccccc3F)n2C)s1. The van der Waals surface area contributed by atoms with Gasteiger partial charge in [0.25, 0.3) is 5.91 Å². The highest BCUT2D eigenvalue weighted by molar-refractivity contribution is 8.00. The van der Waals surface area contributed by atoms with E-state index in [9.17, 15) is 14.0 Å². The molecular formula is C19H22FN7O2S2. The normalized spacial score (nSPS) is 12.9. The van der Waals surface area contributed by atoms with Gasteiger partial charge >= 0.3 is 0 Å². The monoisotopic (exact) mass is 463 g/mol. The molecule has 1 aromatic carbocycles. The van der Waals surface area contributed by atoms with E-state index in [-0.39, 0.29) is 11.5 Å². The summed E-state index contributed by atoms with van der Waals surface area (Å²) in [5, 5.41) is 23.0. The summed E-state index contributed by atoms with van der Waals surface area (Å²) in [6.45, 7) is 5.45. The smallest absolute Gasteiger partial charge is 0.254 e. The summed E-state index contributed by atoms with van der Waals surface area (Å²) in [7, 11) is 1.74. The van der Waals surface area contributed by atoms with Crippen molar-refractivity contribution in [3.63, 3.8) is 0 Å². The van der Waals surface area contributed by atoms with Gasteiger partial charge in [-0.3, -0.25) is 14.9 Å². The zero-order chi connectivity index (χ0) is 22.5. The molecule has 0 saturated carbocycles. The Bertz CT molecular complexity index is 1080. The summed E-state index contributed by atoms with van der Waals surface area (Å²) in [6, 6.07) is 5.24. The van der Waals surface area contributed by atoms with Crippen LogP contribution in [0.15, 0.2) is 29.4 Å². The molecule has 2 aromatic heterocycles. The van der Waals surface area contributed by atoms with Gasteiger partial charge in [-0.15, -0.1) is 20.4 Å². The maximum Gasteiger partial charge on any atom is 0.254 e. The molecule has 2 heterocycles. The fourth-order valence-corrected chi connectivity index (χ4v) is 4.16. The molecule has 0 radical (unpaired) electrons. The Hall–Kier alpha value is -2.86. The molecule has 0 spiro atoms. The van der Waals surface area contributed by atoms with Crippen LogP contribution in [-0.2, 0) is 18.3 Å². The lowest BCUT2D eigenvalue weighted by molar-refractivity contribution is -0.115. The number of amides is 2. The Balaban J connectivity index is 1.62. The van der Waals surface area contributed by atoms with Crippen LogP contribution in [0.5, 0.6) is 0 Å². The van der Waals surface area contributed by atoms with Gasteiger partial charge in [0.15, 0.2) is 11.0 Å². The summed E-state index contributed by atoms with van der Waals surface area (Å²) >= 11 is 2.56. The average Bonchev–Trinajstić information content (AvgIpc) is 3.34. The Labute approximate surface area is 186 Å². The molecule has 0 saturated heterocycles. The lowest BCUT2D eigenvalue weighted by Gasteiger charge is -2.14. The summed E-state index contributed by atoms with van der Waals surface area (Å²) in [5.41, 5.74) is -0.0423. The second-order valence-corrected chi connectivity index (χ2v) is 9.05. The zero-order valence-electron chi connectivity index (χ0n) is 17.4. The van der Waals surface area contributed by atoms with Crippen molar-refractivity contribution in [1.82, 2.24) is 30.3 Å². The Kier molecular flexibility index (Phi) is 7.33. The first kappa shape index (κ1) is 22.8. The highest BCUT2D eigenvalue weighted by Gasteiger charge is 2.23. The van der Waals surface area contributed by atoms with Crippen molar-refractivity contribution in [2.24, 2.45) is 7.05 Å². The number of nitrogens with zero attached hydrogens (tertiary/aromatic N) is 5. The average molecular weight is 464 g/mol. The predicted molar refractivity (Wildman–Crippen MR) is 117 cm³/mol. The van der Waals surface area contributed by atoms with Crippen LogP contribution in [0.2, 0.25) is 0 Å². The van der Waals surface area contributed by atoms with Gasteiger partial charge in [-0.2, -0.15) is 0 Å². The van der Waals surface area contributed by atoms with Crippen LogP contribution in [0.3, 0.4) is 0 Å². The lowest BCUT2D eigenvalue weighted by atomic mass is 10.2. The van der Waals surface area contributed by atoms with Crippen LogP contribution >= 0.6 is 23.1 Å². The van der Waals surface area contributed by atoms with E-state index in [4.69, 9.17) is 0 Å². The lowest BCUT2D eigenvalue weighted by Crippen LogP contribution is -2.29. The minimum atomic E-state index is -0.595. The highest BCUT2D eigenvalue weighted by Crippen LogP contribution is 2.25. The number of aryl methyl sites for hydroxylation is 1. The second kappa shape index (κ2) is 9.96. The number of hydrogen-bond donors (Lipinski definition) is 2. The van der Waals surface area contributed by atoms with Gasteiger partial charge in [0.2, 0.25) is 11.0 Å². The fourth-order valence-electron chi connectivity index (χ4n) is 2.66. The van der Waals surface area contributed by atoms with Crippen LogP contribution in [0.25, 0.3) is 0 Å². The number of aromatic nitrogens is 5. The minimum Gasteiger partial charge on any atom is -0.342 e. The molecule has 9 nitrogen and oxygen atoms in total. The van der Waals surface area contributed by atoms with E-state index in [0.29, 0.717) is 16.1 Å². The van der Waals surface area contributed by atoms with Gasteiger partial charge in [-0.1, -0.05) is 42.2 Å². The molecule has 0 bridgehead atoms. The fraction of sp³-hybridized carbons (Fsp3) is 0.368. The Morgan fingerprint density at radius 2 is 1.94 bits per heavy atom. The third-order valence-electron chi connectivity index (χ3n) is 4.37. The molecule has 0 aliphatic heterocycles. The number of carbonyl (C=O) groups excluding carboxylic acids is 2. The maximum absolute atomic E-state index is 13.8. The highest BCUT2D eigenvalue weighted by atomic mass is 32.2. The van der Waals surface area contributed by atoms with Crippen LogP contribution in [0.1, 0.15) is 48.0 Å². The van der Waals surface area contributed by atoms with Crippen LogP contribution < -0.4 is 10.6 Å². The summed E-state index contributed by atoms with van der Waals surface area (Å²) in [4.78, 5) is 24.8. The molecule has 0 aliphatic carbocycles. The number of anilines is 1. The molecule has 31 heavy (non-hydrogen) atoms. The second-order valence-electron chi connectivity index (χ2n) is 6.68. The number of nitrogens with one attached hydrogen (secondary N) is 2. The third-order valence-corrected chi connectivity index (χ3v) is 6.49. The van der Waals surface area contributed by atoms with Crippen molar-refractivity contribution in [2.75, 3.05) is 5.32 Å². The molecule has 0 aliphatic rings. The van der Waals surface area contributed by atoms with E-state index in [1.165, 1.54) is 41.3 Å². The minimum absolute atomic E-state index is 0.0423. The number of carbonyl (C=O) groups is 2. The van der Waals surface area contributed by atoms with Crippen LogP contribution in [-0.4, -0.2) is 42.0 Å². The topological polar surface area (TPSA) is 115 Å². The number of thioether (sulfide) groups is 1. The molecule has 164 valence electrons. The Morgan fingerprint density at radius 1 is 1.19 bits per heavy atom. The molecular weight excluding hydrogens is 441 g/mol. The van der Waals surface area contributed by atoms with E-state index in [0.717, 1.165) is 11.4 Å². The van der Waals surface area contributed by atoms with Gasteiger partial charge in [-0.05, 0) is 32.4 Å². The standard InChI is InChI=1S/C19H22FN7O2S2/c1-5-14-23-25-18(31-14)22-16(28)11(3)30-19-26-24-15(27(19)4)10(2)21-17(29)12-8-6-7-9-13(12)20/h6-11H,5H2,1-4H3,(H,21,29)(H,22,25,28)/t10-,11+/m0/s1. The first-order valence-electron chi connectivity index (χ1n) is 9.54. The van der Waals surface area contributed by atoms with Gasteiger partial charge in [0.05, 0.1) is 16.9 Å². The predicted octanol–water partition coefficient (Wildman–Crippen LogP) is 2.98. The van der Waals surface area contributed by atoms with Gasteiger partial charge in [0, 0.05) is 7.05 Å². The van der Waals surface area contributed by atoms with E-state index in [1.54, 1.807) is 31.5 Å². The number of rotatable bonds is 8. The summed E-state index contributed by atoms with van der Waals surface area (Å²) in [5.74, 6) is -0.882. The van der Waals surface area contributed by atoms with Gasteiger partial charge < -0.3 is 9.88 Å². The van der Waals surface area contributed by atoms with Crippen LogP contribution in [0.4, 0.5) is 9.52 Å². The first-order chi connectivity index (χ1) is 14.8. The molecule has 0 unspecified atom stereocenters. The molecule has 3 aromatic rings. The van der Waals surface area contributed by atoms with Crippen molar-refractivity contribution in [2.45, 2.75) is 43.6 Å². The summed E-state index contributed by atoms with van der Waals surface area (Å²) in [6.07, 6.45) is 0.755. The van der Waals surface area contributed by atoms with Crippen molar-refractivity contribution < 1.29 is 14.0 Å². The Morgan fingerprint density at radius 3 is 2.61 bits per heavy atom. The van der Waals surface area contributed by atoms with E-state index in [2.05, 4.69) is 31.0 Å². The molecule has 3 rings (SSSR count). The van der Waals surface area contributed by atoms with Gasteiger partial charge in [0.1, 0.15) is 10.8 Å². The van der Waals surface area contributed by atoms with Crippen molar-refractivity contribution in [3.8, 4) is 0 Å². The quantitative estimate of drug-likeness (QED) is 0.494. The largest absolute Gasteiger partial charge is 0.342 e. The van der Waals surface area contributed by atoms with Crippen molar-refractivity contribution in [3.05, 3.63) is 46.5 Å². The zero-order valence-corrected chi connectivity index (χ0v) is 19.1. The molecule has 2 atom stereocenters.